The lowest BCUT2D eigenvalue weighted by molar-refractivity contribution is -0.604. The summed E-state index contributed by atoms with van der Waals surface area (Å²) in [6.07, 6.45) is 0. The predicted molar refractivity (Wildman–Crippen MR) is 77.9 cm³/mol. The third-order valence-corrected chi connectivity index (χ3v) is 3.73. The van der Waals surface area contributed by atoms with Crippen LogP contribution >= 0.6 is 11.6 Å². The normalized spacial score (nSPS) is 11.5. The fourth-order valence-corrected chi connectivity index (χ4v) is 2.74. The molecule has 0 fully saturated rings. The monoisotopic (exact) mass is 283 g/mol. The molecule has 0 aliphatic carbocycles. The molecule has 4 nitrogen and oxygen atoms in total. The highest BCUT2D eigenvalue weighted by Crippen LogP contribution is 2.20. The number of aromatic nitrogens is 4. The summed E-state index contributed by atoms with van der Waals surface area (Å²) in [4.78, 5) is 0. The molecule has 2 aromatic heterocycles. The molecule has 98 valence electrons. The topological polar surface area (TPSA) is 37.2 Å². The van der Waals surface area contributed by atoms with Gasteiger partial charge in [-0.1, -0.05) is 41.9 Å². The number of aryl methyl sites for hydroxylation is 1. The fourth-order valence-electron chi connectivity index (χ4n) is 2.56. The van der Waals surface area contributed by atoms with Crippen molar-refractivity contribution in [1.82, 2.24) is 14.9 Å². The summed E-state index contributed by atoms with van der Waals surface area (Å²) in [6, 6.07) is 16.0. The average Bonchev–Trinajstić information content (AvgIpc) is 2.96. The first-order valence-electron chi connectivity index (χ1n) is 6.38. The van der Waals surface area contributed by atoms with Crippen molar-refractivity contribution >= 4 is 22.6 Å². The van der Waals surface area contributed by atoms with E-state index in [1.54, 1.807) is 4.74 Å². The van der Waals surface area contributed by atoms with Crippen LogP contribution in [0, 0.1) is 6.92 Å². The second-order valence-corrected chi connectivity index (χ2v) is 5.21. The maximum Gasteiger partial charge on any atom is 0.209 e. The Morgan fingerprint density at radius 1 is 1.15 bits per heavy atom. The number of nitrogens with one attached hydrogen (secondary N) is 1. The maximum absolute atomic E-state index is 6.02. The van der Waals surface area contributed by atoms with Gasteiger partial charge in [0.2, 0.25) is 5.69 Å². The van der Waals surface area contributed by atoms with Crippen LogP contribution in [0.5, 0.6) is 0 Å². The van der Waals surface area contributed by atoms with Crippen LogP contribution in [-0.4, -0.2) is 14.9 Å². The first kappa shape index (κ1) is 11.5. The van der Waals surface area contributed by atoms with Gasteiger partial charge in [-0.05, 0) is 19.1 Å². The van der Waals surface area contributed by atoms with Crippen LogP contribution < -0.4 is 4.52 Å². The minimum atomic E-state index is 0.712. The second-order valence-electron chi connectivity index (χ2n) is 4.77. The van der Waals surface area contributed by atoms with E-state index in [1.165, 1.54) is 0 Å². The third kappa shape index (κ3) is 1.55. The standard InChI is InChI=1S/C15H12ClN4/c1-10-15(11-5-3-2-4-6-11)18-20-17-13-9-12(16)7-8-14(13)19(10)20/h2-9H,1H3,(H,17,18)/q+1. The molecule has 0 unspecified atom stereocenters. The van der Waals surface area contributed by atoms with E-state index in [4.69, 9.17) is 11.6 Å². The van der Waals surface area contributed by atoms with Crippen LogP contribution in [-0.2, 0) is 0 Å². The molecule has 0 spiro atoms. The molecule has 2 aromatic carbocycles. The van der Waals surface area contributed by atoms with Gasteiger partial charge in [-0.25, -0.2) is 0 Å². The number of H-pyrrole nitrogens is 1. The summed E-state index contributed by atoms with van der Waals surface area (Å²) < 4.78 is 3.80. The molecule has 4 aromatic rings. The van der Waals surface area contributed by atoms with Crippen molar-refractivity contribution in [3.63, 3.8) is 0 Å². The maximum atomic E-state index is 6.02. The summed E-state index contributed by atoms with van der Waals surface area (Å²) in [5.74, 6) is 0. The van der Waals surface area contributed by atoms with E-state index in [1.807, 2.05) is 40.9 Å². The summed E-state index contributed by atoms with van der Waals surface area (Å²) in [6.45, 7) is 2.07. The summed E-state index contributed by atoms with van der Waals surface area (Å²) in [5, 5.41) is 8.58. The van der Waals surface area contributed by atoms with Crippen LogP contribution in [0.15, 0.2) is 48.5 Å². The van der Waals surface area contributed by atoms with Crippen LogP contribution in [0.1, 0.15) is 5.69 Å². The van der Waals surface area contributed by atoms with Gasteiger partial charge in [-0.15, -0.1) is 4.52 Å². The number of nitrogens with zero attached hydrogens (tertiary/aromatic N) is 3. The number of hydrogen-bond donors (Lipinski definition) is 1. The Kier molecular flexibility index (Phi) is 2.35. The van der Waals surface area contributed by atoms with Crippen LogP contribution in [0.25, 0.3) is 22.3 Å². The molecule has 4 rings (SSSR count). The Balaban J connectivity index is 2.05. The number of benzene rings is 2. The van der Waals surface area contributed by atoms with Crippen LogP contribution in [0.2, 0.25) is 5.02 Å². The minimum Gasteiger partial charge on any atom is -0.171 e. The molecule has 0 radical (unpaired) electrons. The minimum absolute atomic E-state index is 0.712. The Bertz CT molecular complexity index is 921. The average molecular weight is 284 g/mol. The van der Waals surface area contributed by atoms with E-state index in [0.29, 0.717) is 5.02 Å². The van der Waals surface area contributed by atoms with Gasteiger partial charge >= 0.3 is 0 Å². The van der Waals surface area contributed by atoms with E-state index in [-0.39, 0.29) is 0 Å². The smallest absolute Gasteiger partial charge is 0.171 e. The number of aromatic amines is 1. The highest BCUT2D eigenvalue weighted by molar-refractivity contribution is 6.31. The van der Waals surface area contributed by atoms with Crippen molar-refractivity contribution in [3.8, 4) is 11.3 Å². The van der Waals surface area contributed by atoms with Gasteiger partial charge in [-0.3, -0.25) is 0 Å². The molecule has 0 saturated carbocycles. The van der Waals surface area contributed by atoms with Gasteiger partial charge in [0.05, 0.1) is 4.74 Å². The molecular formula is C15H12ClN4+. The molecule has 20 heavy (non-hydrogen) atoms. The predicted octanol–water partition coefficient (Wildman–Crippen LogP) is 3.03. The Hall–Kier alpha value is -2.33. The van der Waals surface area contributed by atoms with Crippen molar-refractivity contribution < 1.29 is 4.52 Å². The zero-order valence-electron chi connectivity index (χ0n) is 10.8. The highest BCUT2D eigenvalue weighted by atomic mass is 35.5. The van der Waals surface area contributed by atoms with E-state index < -0.39 is 0 Å². The van der Waals surface area contributed by atoms with Crippen molar-refractivity contribution in [3.05, 3.63) is 59.2 Å². The number of rotatable bonds is 1. The van der Waals surface area contributed by atoms with E-state index in [0.717, 1.165) is 28.0 Å². The highest BCUT2D eigenvalue weighted by Gasteiger charge is 2.21. The number of fused-ring (bicyclic) bond motifs is 3. The molecule has 0 aliphatic rings. The quantitative estimate of drug-likeness (QED) is 0.536. The molecule has 0 saturated heterocycles. The molecular weight excluding hydrogens is 272 g/mol. The largest absolute Gasteiger partial charge is 0.209 e. The Labute approximate surface area is 120 Å². The summed E-state index contributed by atoms with van der Waals surface area (Å²) >= 11 is 6.02. The van der Waals surface area contributed by atoms with E-state index in [9.17, 15) is 0 Å². The molecule has 0 bridgehead atoms. The Morgan fingerprint density at radius 3 is 2.75 bits per heavy atom. The lowest BCUT2D eigenvalue weighted by atomic mass is 10.1. The van der Waals surface area contributed by atoms with Gasteiger partial charge < -0.3 is 0 Å². The van der Waals surface area contributed by atoms with Crippen molar-refractivity contribution in [1.29, 1.82) is 0 Å². The molecule has 2 heterocycles. The first-order valence-corrected chi connectivity index (χ1v) is 6.76. The van der Waals surface area contributed by atoms with Crippen LogP contribution in [0.4, 0.5) is 0 Å². The molecule has 1 N–H and O–H groups in total. The molecule has 5 heteroatoms. The van der Waals surface area contributed by atoms with Crippen LogP contribution in [0.3, 0.4) is 0 Å². The summed E-state index contributed by atoms with van der Waals surface area (Å²) in [7, 11) is 0. The zero-order valence-corrected chi connectivity index (χ0v) is 11.6. The summed E-state index contributed by atoms with van der Waals surface area (Å²) in [5.41, 5.74) is 5.19. The lowest BCUT2D eigenvalue weighted by Gasteiger charge is -1.93. The molecule has 0 atom stereocenters. The van der Waals surface area contributed by atoms with Gasteiger partial charge in [0, 0.05) is 21.8 Å². The Morgan fingerprint density at radius 2 is 1.95 bits per heavy atom. The van der Waals surface area contributed by atoms with Gasteiger partial charge in [0.25, 0.3) is 0 Å². The van der Waals surface area contributed by atoms with Gasteiger partial charge in [0.1, 0.15) is 5.69 Å². The van der Waals surface area contributed by atoms with Crippen molar-refractivity contribution in [2.45, 2.75) is 6.92 Å². The van der Waals surface area contributed by atoms with Crippen molar-refractivity contribution in [2.24, 2.45) is 0 Å². The van der Waals surface area contributed by atoms with E-state index in [2.05, 4.69) is 29.3 Å². The lowest BCUT2D eigenvalue weighted by Crippen LogP contribution is -2.28. The number of halogens is 1. The van der Waals surface area contributed by atoms with Gasteiger partial charge in [0.15, 0.2) is 11.0 Å². The van der Waals surface area contributed by atoms with E-state index >= 15 is 0 Å². The second kappa shape index (κ2) is 4.08. The number of hydrogen-bond acceptors (Lipinski definition) is 1. The first-order chi connectivity index (χ1) is 9.74. The third-order valence-electron chi connectivity index (χ3n) is 3.50. The molecule has 0 amide bonds. The fraction of sp³-hybridized carbons (Fsp3) is 0.0667. The zero-order chi connectivity index (χ0) is 13.7. The van der Waals surface area contributed by atoms with Crippen molar-refractivity contribution in [2.75, 3.05) is 0 Å². The van der Waals surface area contributed by atoms with Gasteiger partial charge in [-0.2, -0.15) is 5.10 Å². The SMILES string of the molecule is Cc1c(-c2ccccc2)nn2[nH]c3cc(Cl)ccc3[n+]12. The molecule has 0 aliphatic heterocycles.